The van der Waals surface area contributed by atoms with Crippen molar-refractivity contribution >= 4 is 22.6 Å². The van der Waals surface area contributed by atoms with Crippen molar-refractivity contribution in [2.45, 2.75) is 58.0 Å². The number of hydrogen-bond acceptors (Lipinski definition) is 5. The zero-order chi connectivity index (χ0) is 26.7. The van der Waals surface area contributed by atoms with E-state index in [9.17, 15) is 4.79 Å². The average Bonchev–Trinajstić information content (AvgIpc) is 3.34. The molecule has 6 heteroatoms. The molecule has 38 heavy (non-hydrogen) atoms. The van der Waals surface area contributed by atoms with Crippen LogP contribution in [0.3, 0.4) is 0 Å². The van der Waals surface area contributed by atoms with Gasteiger partial charge in [-0.3, -0.25) is 4.79 Å². The summed E-state index contributed by atoms with van der Waals surface area (Å²) in [7, 11) is 3.85. The minimum atomic E-state index is -0.408. The predicted molar refractivity (Wildman–Crippen MR) is 152 cm³/mol. The Balaban J connectivity index is 1.22. The Kier molecular flexibility index (Phi) is 7.89. The summed E-state index contributed by atoms with van der Waals surface area (Å²) < 4.78 is 11.7. The van der Waals surface area contributed by atoms with Gasteiger partial charge in [-0.1, -0.05) is 50.3 Å². The smallest absolute Gasteiger partial charge is 0.308 e. The minimum Gasteiger partial charge on any atom is -0.497 e. The first-order chi connectivity index (χ1) is 18.4. The number of hydrogen-bond donors (Lipinski definition) is 1. The van der Waals surface area contributed by atoms with Crippen LogP contribution in [-0.4, -0.2) is 53.7 Å². The molecule has 0 amide bonds. The molecule has 0 saturated heterocycles. The van der Waals surface area contributed by atoms with Gasteiger partial charge in [0.25, 0.3) is 0 Å². The van der Waals surface area contributed by atoms with Gasteiger partial charge in [0.1, 0.15) is 17.2 Å². The summed E-state index contributed by atoms with van der Waals surface area (Å²) >= 11 is 0. The summed E-state index contributed by atoms with van der Waals surface area (Å²) in [6, 6.07) is 16.6. The van der Waals surface area contributed by atoms with Crippen molar-refractivity contribution < 1.29 is 14.3 Å². The van der Waals surface area contributed by atoms with Gasteiger partial charge in [0.05, 0.1) is 24.1 Å². The highest BCUT2D eigenvalue weighted by Gasteiger charge is 2.50. The highest BCUT2D eigenvalue weighted by atomic mass is 16.6. The first kappa shape index (κ1) is 26.5. The van der Waals surface area contributed by atoms with E-state index in [1.54, 1.807) is 7.11 Å². The molecule has 3 atom stereocenters. The van der Waals surface area contributed by atoms with Gasteiger partial charge in [-0.15, -0.1) is 0 Å². The van der Waals surface area contributed by atoms with E-state index >= 15 is 0 Å². The van der Waals surface area contributed by atoms with E-state index in [0.717, 1.165) is 67.8 Å². The van der Waals surface area contributed by atoms with Gasteiger partial charge in [0.2, 0.25) is 0 Å². The Morgan fingerprint density at radius 3 is 2.68 bits per heavy atom. The lowest BCUT2D eigenvalue weighted by atomic mass is 9.60. The van der Waals surface area contributed by atoms with Crippen molar-refractivity contribution in [1.82, 2.24) is 14.9 Å². The van der Waals surface area contributed by atoms with Gasteiger partial charge >= 0.3 is 5.97 Å². The van der Waals surface area contributed by atoms with Crippen molar-refractivity contribution in [2.24, 2.45) is 17.8 Å². The lowest BCUT2D eigenvalue weighted by Gasteiger charge is -2.50. The van der Waals surface area contributed by atoms with Crippen molar-refractivity contribution in [3.05, 3.63) is 66.0 Å². The maximum atomic E-state index is 12.9. The Hall–Kier alpha value is -3.12. The van der Waals surface area contributed by atoms with E-state index in [-0.39, 0.29) is 17.8 Å². The van der Waals surface area contributed by atoms with Gasteiger partial charge in [0.15, 0.2) is 0 Å². The zero-order valence-electron chi connectivity index (χ0n) is 23.2. The third-order valence-corrected chi connectivity index (χ3v) is 8.40. The first-order valence-corrected chi connectivity index (χ1v) is 14.1. The number of nitrogens with one attached hydrogen (secondary N) is 1. The Morgan fingerprint density at radius 1 is 1.16 bits per heavy atom. The third kappa shape index (κ3) is 5.65. The van der Waals surface area contributed by atoms with Crippen LogP contribution in [0.5, 0.6) is 5.75 Å². The normalized spacial score (nSPS) is 22.7. The summed E-state index contributed by atoms with van der Waals surface area (Å²) in [4.78, 5) is 23.4. The molecule has 3 aliphatic carbocycles. The second kappa shape index (κ2) is 11.3. The standard InChI is InChI=1S/C32H41N3O3/c1-22(2)31(36)38-32(21-24-12-13-25(32)19-27(24)23-9-6-5-7-10-23)16-18-35(3)17-8-11-30-33-28-15-14-26(37-4)20-29(28)34-30/h5-7,9-10,14-15,19-20,22,24-25H,8,11-13,16-18,21H2,1-4H3,(H,33,34)/t24-,25-,32+/m1/s1. The molecule has 6 nitrogen and oxygen atoms in total. The van der Waals surface area contributed by atoms with E-state index in [1.807, 2.05) is 32.0 Å². The van der Waals surface area contributed by atoms with E-state index < -0.39 is 5.60 Å². The van der Waals surface area contributed by atoms with E-state index in [4.69, 9.17) is 14.5 Å². The molecular weight excluding hydrogens is 474 g/mol. The molecule has 1 heterocycles. The van der Waals surface area contributed by atoms with Gasteiger partial charge < -0.3 is 19.4 Å². The molecule has 2 bridgehead atoms. The van der Waals surface area contributed by atoms with Crippen LogP contribution in [0.4, 0.5) is 0 Å². The van der Waals surface area contributed by atoms with Crippen LogP contribution < -0.4 is 4.74 Å². The molecule has 1 fully saturated rings. The van der Waals surface area contributed by atoms with E-state index in [0.29, 0.717) is 5.92 Å². The number of aromatic amines is 1. The molecule has 0 aliphatic heterocycles. The number of aryl methyl sites for hydroxylation is 1. The molecule has 0 spiro atoms. The Bertz CT molecular complexity index is 1280. The van der Waals surface area contributed by atoms with Crippen LogP contribution in [0.2, 0.25) is 0 Å². The number of rotatable bonds is 11. The number of carbonyl (C=O) groups excluding carboxylic acids is 1. The molecule has 3 aliphatic rings. The van der Waals surface area contributed by atoms with Crippen molar-refractivity contribution in [2.75, 3.05) is 27.2 Å². The Morgan fingerprint density at radius 2 is 1.97 bits per heavy atom. The fourth-order valence-corrected chi connectivity index (χ4v) is 6.20. The van der Waals surface area contributed by atoms with Crippen LogP contribution >= 0.6 is 0 Å². The number of esters is 1. The lowest BCUT2D eigenvalue weighted by Crippen LogP contribution is -2.51. The number of fused-ring (bicyclic) bond motifs is 3. The monoisotopic (exact) mass is 515 g/mol. The van der Waals surface area contributed by atoms with Gasteiger partial charge in [-0.2, -0.15) is 0 Å². The summed E-state index contributed by atoms with van der Waals surface area (Å²) in [5.41, 5.74) is 4.33. The maximum absolute atomic E-state index is 12.9. The number of benzene rings is 2. The quantitative estimate of drug-likeness (QED) is 0.305. The second-order valence-corrected chi connectivity index (χ2v) is 11.4. The highest BCUT2D eigenvalue weighted by molar-refractivity contribution is 5.77. The molecule has 202 valence electrons. The SMILES string of the molecule is COc1ccc2nc(CCCN(C)CC[C@]3(OC(=O)C(C)C)C[C@H]4CC[C@@H]3C=C4c3ccccc3)[nH]c2c1. The third-order valence-electron chi connectivity index (χ3n) is 8.40. The van der Waals surface area contributed by atoms with Crippen molar-refractivity contribution in [1.29, 1.82) is 0 Å². The van der Waals surface area contributed by atoms with Crippen molar-refractivity contribution in [3.63, 3.8) is 0 Å². The zero-order valence-corrected chi connectivity index (χ0v) is 23.2. The average molecular weight is 516 g/mol. The fraction of sp³-hybridized carbons (Fsp3) is 0.500. The summed E-state index contributed by atoms with van der Waals surface area (Å²) in [5, 5.41) is 0. The molecule has 6 rings (SSSR count). The van der Waals surface area contributed by atoms with Crippen LogP contribution in [0.15, 0.2) is 54.6 Å². The minimum absolute atomic E-state index is 0.0728. The molecule has 0 radical (unpaired) electrons. The van der Waals surface area contributed by atoms with Crippen LogP contribution in [-0.2, 0) is 16.0 Å². The predicted octanol–water partition coefficient (Wildman–Crippen LogP) is 6.28. The number of allylic oxidation sites excluding steroid dienone is 1. The lowest BCUT2D eigenvalue weighted by molar-refractivity contribution is -0.176. The number of carbonyl (C=O) groups is 1. The number of H-pyrrole nitrogens is 1. The maximum Gasteiger partial charge on any atom is 0.308 e. The molecule has 1 N–H and O–H groups in total. The Labute approximate surface area is 226 Å². The summed E-state index contributed by atoms with van der Waals surface area (Å²) in [5.74, 6) is 2.36. The van der Waals surface area contributed by atoms with Gasteiger partial charge in [0, 0.05) is 31.4 Å². The van der Waals surface area contributed by atoms with Crippen LogP contribution in [0, 0.1) is 17.8 Å². The molecule has 3 aromatic rings. The summed E-state index contributed by atoms with van der Waals surface area (Å²) in [6.07, 6.45) is 8.38. The fourth-order valence-electron chi connectivity index (χ4n) is 6.20. The van der Waals surface area contributed by atoms with Crippen LogP contribution in [0.1, 0.15) is 57.3 Å². The van der Waals surface area contributed by atoms with Gasteiger partial charge in [-0.05, 0) is 68.5 Å². The summed E-state index contributed by atoms with van der Waals surface area (Å²) in [6.45, 7) is 5.74. The van der Waals surface area contributed by atoms with Crippen molar-refractivity contribution in [3.8, 4) is 5.75 Å². The molecule has 2 aromatic carbocycles. The second-order valence-electron chi connectivity index (χ2n) is 11.4. The molecule has 0 unspecified atom stereocenters. The number of aromatic nitrogens is 2. The number of methoxy groups -OCH3 is 1. The van der Waals surface area contributed by atoms with Gasteiger partial charge in [-0.25, -0.2) is 4.98 Å². The first-order valence-electron chi connectivity index (χ1n) is 14.1. The number of nitrogens with zero attached hydrogens (tertiary/aromatic N) is 2. The number of imidazole rings is 1. The number of ether oxygens (including phenoxy) is 2. The largest absolute Gasteiger partial charge is 0.497 e. The molecule has 1 saturated carbocycles. The van der Waals surface area contributed by atoms with E-state index in [1.165, 1.54) is 17.6 Å². The highest BCUT2D eigenvalue weighted by Crippen LogP contribution is 2.53. The van der Waals surface area contributed by atoms with Crippen LogP contribution in [0.25, 0.3) is 16.6 Å². The topological polar surface area (TPSA) is 67.5 Å². The van der Waals surface area contributed by atoms with E-state index in [2.05, 4.69) is 53.3 Å². The molecule has 1 aromatic heterocycles. The molecular formula is C32H41N3O3.